The fourth-order valence-electron chi connectivity index (χ4n) is 1.25. The van der Waals surface area contributed by atoms with Gasteiger partial charge in [-0.15, -0.1) is 0 Å². The molecule has 0 heterocycles. The summed E-state index contributed by atoms with van der Waals surface area (Å²) >= 11 is 5.58. The molecule has 5 nitrogen and oxygen atoms in total. The molecule has 0 fully saturated rings. The van der Waals surface area contributed by atoms with Crippen LogP contribution in [0.2, 0.25) is 5.02 Å². The third kappa shape index (κ3) is 5.88. The average molecular weight is 303 g/mol. The van der Waals surface area contributed by atoms with E-state index in [2.05, 4.69) is 10.6 Å². The smallest absolute Gasteiger partial charge is 0.408 e. The molecule has 2 N–H and O–H groups in total. The molecule has 1 aromatic rings. The van der Waals surface area contributed by atoms with E-state index in [1.165, 1.54) is 12.1 Å². The van der Waals surface area contributed by atoms with Gasteiger partial charge >= 0.3 is 6.09 Å². The van der Waals surface area contributed by atoms with Crippen LogP contribution in [0, 0.1) is 5.82 Å². The quantitative estimate of drug-likeness (QED) is 0.902. The summed E-state index contributed by atoms with van der Waals surface area (Å²) in [7, 11) is 0. The summed E-state index contributed by atoms with van der Waals surface area (Å²) in [6, 6.07) is 3.79. The summed E-state index contributed by atoms with van der Waals surface area (Å²) in [5, 5.41) is 4.68. The maximum Gasteiger partial charge on any atom is 0.408 e. The highest BCUT2D eigenvalue weighted by molar-refractivity contribution is 6.31. The molecule has 0 radical (unpaired) electrons. The predicted molar refractivity (Wildman–Crippen MR) is 74.3 cm³/mol. The number of halogens is 2. The summed E-state index contributed by atoms with van der Waals surface area (Å²) in [5.41, 5.74) is -0.294. The van der Waals surface area contributed by atoms with Crippen molar-refractivity contribution >= 4 is 29.3 Å². The van der Waals surface area contributed by atoms with Crippen LogP contribution in [0.5, 0.6) is 0 Å². The Labute approximate surface area is 121 Å². The Morgan fingerprint density at radius 2 is 2.00 bits per heavy atom. The number of hydrogen-bond donors (Lipinski definition) is 2. The van der Waals surface area contributed by atoms with E-state index >= 15 is 0 Å². The molecule has 0 saturated heterocycles. The highest BCUT2D eigenvalue weighted by Crippen LogP contribution is 2.19. The molecule has 20 heavy (non-hydrogen) atoms. The second-order valence-corrected chi connectivity index (χ2v) is 5.44. The van der Waals surface area contributed by atoms with Gasteiger partial charge in [0.05, 0.1) is 5.02 Å². The topological polar surface area (TPSA) is 67.4 Å². The summed E-state index contributed by atoms with van der Waals surface area (Å²) in [4.78, 5) is 22.9. The van der Waals surface area contributed by atoms with E-state index in [0.717, 1.165) is 6.07 Å². The zero-order valence-corrected chi connectivity index (χ0v) is 12.2. The summed E-state index contributed by atoms with van der Waals surface area (Å²) < 4.78 is 17.9. The SMILES string of the molecule is CC(C)(C)OC(=O)NCC(=O)Nc1ccc(F)c(Cl)c1. The van der Waals surface area contributed by atoms with Crippen molar-refractivity contribution in [3.63, 3.8) is 0 Å². The Morgan fingerprint density at radius 3 is 2.55 bits per heavy atom. The molecule has 0 saturated carbocycles. The third-order valence-electron chi connectivity index (χ3n) is 2.00. The van der Waals surface area contributed by atoms with Gasteiger partial charge in [0, 0.05) is 5.69 Å². The van der Waals surface area contributed by atoms with Gasteiger partial charge in [0.25, 0.3) is 0 Å². The monoisotopic (exact) mass is 302 g/mol. The molecule has 2 amide bonds. The summed E-state index contributed by atoms with van der Waals surface area (Å²) in [5.74, 6) is -1.05. The minimum absolute atomic E-state index is 0.0945. The molecule has 0 aliphatic carbocycles. The van der Waals surface area contributed by atoms with Crippen LogP contribution in [-0.2, 0) is 9.53 Å². The second-order valence-electron chi connectivity index (χ2n) is 5.03. The molecule has 0 unspecified atom stereocenters. The zero-order valence-electron chi connectivity index (χ0n) is 11.4. The maximum atomic E-state index is 12.9. The van der Waals surface area contributed by atoms with Crippen molar-refractivity contribution < 1.29 is 18.7 Å². The van der Waals surface area contributed by atoms with E-state index in [1.54, 1.807) is 20.8 Å². The first-order chi connectivity index (χ1) is 9.17. The molecule has 0 atom stereocenters. The zero-order chi connectivity index (χ0) is 15.3. The van der Waals surface area contributed by atoms with Crippen LogP contribution < -0.4 is 10.6 Å². The first-order valence-electron chi connectivity index (χ1n) is 5.89. The largest absolute Gasteiger partial charge is 0.444 e. The maximum absolute atomic E-state index is 12.9. The number of carbonyl (C=O) groups is 2. The lowest BCUT2D eigenvalue weighted by Crippen LogP contribution is -2.37. The molecule has 0 aromatic heterocycles. The summed E-state index contributed by atoms with van der Waals surface area (Å²) in [6.07, 6.45) is -0.690. The van der Waals surface area contributed by atoms with Crippen molar-refractivity contribution in [1.82, 2.24) is 5.32 Å². The molecular formula is C13H16ClFN2O3. The van der Waals surface area contributed by atoms with E-state index in [0.29, 0.717) is 5.69 Å². The van der Waals surface area contributed by atoms with Gasteiger partial charge in [-0.3, -0.25) is 4.79 Å². The van der Waals surface area contributed by atoms with Gasteiger partial charge in [-0.1, -0.05) is 11.6 Å². The Kier molecular flexibility index (Phi) is 5.33. The van der Waals surface area contributed by atoms with E-state index < -0.39 is 23.4 Å². The molecule has 0 bridgehead atoms. The number of carbonyl (C=O) groups excluding carboxylic acids is 2. The van der Waals surface area contributed by atoms with E-state index in [1.807, 2.05) is 0 Å². The molecular weight excluding hydrogens is 287 g/mol. The van der Waals surface area contributed by atoms with Crippen molar-refractivity contribution in [2.75, 3.05) is 11.9 Å². The van der Waals surface area contributed by atoms with Gasteiger partial charge in [0.15, 0.2) is 0 Å². The van der Waals surface area contributed by atoms with Gasteiger partial charge in [-0.25, -0.2) is 9.18 Å². The standard InChI is InChI=1S/C13H16ClFN2O3/c1-13(2,3)20-12(19)16-7-11(18)17-8-4-5-10(15)9(14)6-8/h4-6H,7H2,1-3H3,(H,16,19)(H,17,18). The number of hydrogen-bond acceptors (Lipinski definition) is 3. The number of benzene rings is 1. The number of nitrogens with one attached hydrogen (secondary N) is 2. The second kappa shape index (κ2) is 6.56. The van der Waals surface area contributed by atoms with Crippen LogP contribution in [0.3, 0.4) is 0 Å². The predicted octanol–water partition coefficient (Wildman–Crippen LogP) is 2.94. The van der Waals surface area contributed by atoms with Crippen LogP contribution in [0.25, 0.3) is 0 Å². The van der Waals surface area contributed by atoms with Crippen LogP contribution in [0.4, 0.5) is 14.9 Å². The van der Waals surface area contributed by atoms with Crippen molar-refractivity contribution in [2.24, 2.45) is 0 Å². The Morgan fingerprint density at radius 1 is 1.35 bits per heavy atom. The van der Waals surface area contributed by atoms with E-state index in [9.17, 15) is 14.0 Å². The lowest BCUT2D eigenvalue weighted by molar-refractivity contribution is -0.115. The number of rotatable bonds is 3. The van der Waals surface area contributed by atoms with Crippen LogP contribution in [0.15, 0.2) is 18.2 Å². The van der Waals surface area contributed by atoms with Gasteiger partial charge in [-0.2, -0.15) is 0 Å². The van der Waals surface area contributed by atoms with Gasteiger partial charge in [0.1, 0.15) is 18.0 Å². The fourth-order valence-corrected chi connectivity index (χ4v) is 1.43. The van der Waals surface area contributed by atoms with Crippen LogP contribution in [0.1, 0.15) is 20.8 Å². The fraction of sp³-hybridized carbons (Fsp3) is 0.385. The van der Waals surface area contributed by atoms with Crippen molar-refractivity contribution in [3.05, 3.63) is 29.0 Å². The first kappa shape index (κ1) is 16.2. The average Bonchev–Trinajstić information content (AvgIpc) is 2.29. The molecule has 1 aromatic carbocycles. The van der Waals surface area contributed by atoms with Gasteiger partial charge in [0.2, 0.25) is 5.91 Å². The third-order valence-corrected chi connectivity index (χ3v) is 2.29. The number of anilines is 1. The normalized spacial score (nSPS) is 10.8. The first-order valence-corrected chi connectivity index (χ1v) is 6.27. The minimum Gasteiger partial charge on any atom is -0.444 e. The lowest BCUT2D eigenvalue weighted by Gasteiger charge is -2.19. The van der Waals surface area contributed by atoms with Crippen molar-refractivity contribution in [1.29, 1.82) is 0 Å². The molecule has 1 rings (SSSR count). The molecule has 110 valence electrons. The highest BCUT2D eigenvalue weighted by atomic mass is 35.5. The molecule has 0 aliphatic rings. The van der Waals surface area contributed by atoms with Crippen LogP contribution >= 0.6 is 11.6 Å². The van der Waals surface area contributed by atoms with Crippen molar-refractivity contribution in [2.45, 2.75) is 26.4 Å². The van der Waals surface area contributed by atoms with E-state index in [4.69, 9.17) is 16.3 Å². The van der Waals surface area contributed by atoms with Gasteiger partial charge < -0.3 is 15.4 Å². The Hall–Kier alpha value is -1.82. The Bertz CT molecular complexity index is 515. The lowest BCUT2D eigenvalue weighted by atomic mass is 10.2. The summed E-state index contributed by atoms with van der Waals surface area (Å²) in [6.45, 7) is 4.89. The highest BCUT2D eigenvalue weighted by Gasteiger charge is 2.16. The number of ether oxygens (including phenoxy) is 1. The molecule has 0 spiro atoms. The molecule has 0 aliphatic heterocycles. The van der Waals surface area contributed by atoms with Crippen LogP contribution in [-0.4, -0.2) is 24.1 Å². The molecule has 7 heteroatoms. The Balaban J connectivity index is 2.44. The van der Waals surface area contributed by atoms with E-state index in [-0.39, 0.29) is 11.6 Å². The van der Waals surface area contributed by atoms with Crippen molar-refractivity contribution in [3.8, 4) is 0 Å². The number of alkyl carbamates (subject to hydrolysis) is 1. The number of amides is 2. The van der Waals surface area contributed by atoms with Gasteiger partial charge in [-0.05, 0) is 39.0 Å². The minimum atomic E-state index is -0.690.